The van der Waals surface area contributed by atoms with Crippen LogP contribution in [0.2, 0.25) is 0 Å². The highest BCUT2D eigenvalue weighted by Gasteiger charge is 2.36. The zero-order valence-corrected chi connectivity index (χ0v) is 16.4. The molecule has 1 aliphatic carbocycles. The maximum Gasteiger partial charge on any atom is 0.159 e. The Morgan fingerprint density at radius 3 is 2.54 bits per heavy atom. The van der Waals surface area contributed by atoms with Crippen molar-refractivity contribution in [2.24, 2.45) is 5.41 Å². The summed E-state index contributed by atoms with van der Waals surface area (Å²) in [7, 11) is 1.80. The Hall–Kier alpha value is -1.90. The fourth-order valence-corrected chi connectivity index (χ4v) is 4.80. The molecule has 140 valence electrons. The molecule has 2 aliphatic heterocycles. The predicted molar refractivity (Wildman–Crippen MR) is 107 cm³/mol. The smallest absolute Gasteiger partial charge is 0.159 e. The minimum absolute atomic E-state index is 0.422. The molecule has 0 aromatic heterocycles. The van der Waals surface area contributed by atoms with Gasteiger partial charge >= 0.3 is 0 Å². The summed E-state index contributed by atoms with van der Waals surface area (Å²) in [6.45, 7) is 6.97. The molecule has 1 saturated heterocycles. The second-order valence-electron chi connectivity index (χ2n) is 8.87. The third-order valence-electron chi connectivity index (χ3n) is 6.46. The Morgan fingerprint density at radius 2 is 1.85 bits per heavy atom. The second-order valence-corrected chi connectivity index (χ2v) is 8.87. The highest BCUT2D eigenvalue weighted by atomic mass is 16.5. The number of nitrogens with one attached hydrogen (secondary N) is 1. The summed E-state index contributed by atoms with van der Waals surface area (Å²) < 4.78 is 5.77. The van der Waals surface area contributed by atoms with Crippen LogP contribution in [0.1, 0.15) is 57.4 Å². The van der Waals surface area contributed by atoms with Crippen LogP contribution in [-0.2, 0) is 4.74 Å². The number of methoxy groups -OCH3 is 1. The molecule has 1 aromatic rings. The lowest BCUT2D eigenvalue weighted by Crippen LogP contribution is -2.47. The molecule has 0 spiro atoms. The molecule has 2 fully saturated rings. The molecule has 1 atom stereocenters. The van der Waals surface area contributed by atoms with E-state index in [2.05, 4.69) is 60.5 Å². The SMILES string of the molecule is COC1=C(N2CCC(c3ccccc3)CC2)NC2CC(C)(C)CCC2=C1. The van der Waals surface area contributed by atoms with E-state index in [-0.39, 0.29) is 0 Å². The third kappa shape index (κ3) is 3.49. The summed E-state index contributed by atoms with van der Waals surface area (Å²) in [6.07, 6.45) is 8.39. The Morgan fingerprint density at radius 1 is 1.12 bits per heavy atom. The molecule has 0 bridgehead atoms. The number of hydrogen-bond acceptors (Lipinski definition) is 3. The first-order valence-corrected chi connectivity index (χ1v) is 10.1. The van der Waals surface area contributed by atoms with Gasteiger partial charge in [0.15, 0.2) is 5.76 Å². The molecule has 0 amide bonds. The van der Waals surface area contributed by atoms with Crippen LogP contribution in [0.25, 0.3) is 0 Å². The van der Waals surface area contributed by atoms with Gasteiger partial charge in [-0.05, 0) is 60.6 Å². The van der Waals surface area contributed by atoms with Crippen molar-refractivity contribution in [3.63, 3.8) is 0 Å². The molecule has 3 aliphatic rings. The van der Waals surface area contributed by atoms with Crippen molar-refractivity contribution in [3.05, 3.63) is 59.1 Å². The number of benzene rings is 1. The molecule has 1 aromatic carbocycles. The van der Waals surface area contributed by atoms with Gasteiger partial charge in [-0.3, -0.25) is 0 Å². The van der Waals surface area contributed by atoms with E-state index in [0.717, 1.165) is 18.8 Å². The first-order valence-electron chi connectivity index (χ1n) is 10.1. The normalized spacial score (nSPS) is 26.0. The predicted octanol–water partition coefficient (Wildman–Crippen LogP) is 4.79. The largest absolute Gasteiger partial charge is 0.493 e. The topological polar surface area (TPSA) is 24.5 Å². The van der Waals surface area contributed by atoms with Gasteiger partial charge in [0.05, 0.1) is 7.11 Å². The number of piperidine rings is 1. The fourth-order valence-electron chi connectivity index (χ4n) is 4.80. The number of ether oxygens (including phenoxy) is 1. The number of dihydropyridines is 1. The van der Waals surface area contributed by atoms with E-state index in [4.69, 9.17) is 4.74 Å². The maximum absolute atomic E-state index is 5.77. The lowest BCUT2D eigenvalue weighted by atomic mass is 9.72. The summed E-state index contributed by atoms with van der Waals surface area (Å²) in [5.74, 6) is 2.92. The molecule has 2 heterocycles. The zero-order chi connectivity index (χ0) is 18.1. The van der Waals surface area contributed by atoms with Crippen molar-refractivity contribution < 1.29 is 4.74 Å². The van der Waals surface area contributed by atoms with Gasteiger partial charge in [0, 0.05) is 19.1 Å². The molecule has 1 saturated carbocycles. The van der Waals surface area contributed by atoms with Gasteiger partial charge in [0.1, 0.15) is 5.82 Å². The summed E-state index contributed by atoms with van der Waals surface area (Å²) in [6, 6.07) is 11.5. The van der Waals surface area contributed by atoms with Crippen molar-refractivity contribution in [1.82, 2.24) is 10.2 Å². The molecule has 4 rings (SSSR count). The zero-order valence-electron chi connectivity index (χ0n) is 16.4. The van der Waals surface area contributed by atoms with E-state index in [0.29, 0.717) is 17.4 Å². The summed E-state index contributed by atoms with van der Waals surface area (Å²) in [5.41, 5.74) is 3.43. The second kappa shape index (κ2) is 7.02. The van der Waals surface area contributed by atoms with E-state index in [1.807, 2.05) is 0 Å². The van der Waals surface area contributed by atoms with Crippen molar-refractivity contribution in [3.8, 4) is 0 Å². The van der Waals surface area contributed by atoms with Gasteiger partial charge in [-0.1, -0.05) is 44.2 Å². The number of fused-ring (bicyclic) bond motifs is 1. The molecule has 1 N–H and O–H groups in total. The minimum Gasteiger partial charge on any atom is -0.493 e. The Balaban J connectivity index is 1.48. The maximum atomic E-state index is 5.77. The van der Waals surface area contributed by atoms with Crippen molar-refractivity contribution in [2.45, 2.75) is 57.9 Å². The van der Waals surface area contributed by atoms with Crippen LogP contribution in [-0.4, -0.2) is 31.1 Å². The average Bonchev–Trinajstić information content (AvgIpc) is 2.67. The minimum atomic E-state index is 0.422. The number of likely N-dealkylation sites (tertiary alicyclic amines) is 1. The highest BCUT2D eigenvalue weighted by Crippen LogP contribution is 2.41. The van der Waals surface area contributed by atoms with Gasteiger partial charge in [-0.25, -0.2) is 0 Å². The monoisotopic (exact) mass is 352 g/mol. The standard InChI is InChI=1S/C23H32N2O/c1-23(2)12-9-19-15-21(26-3)22(24-20(19)16-23)25-13-10-18(11-14-25)17-7-5-4-6-8-17/h4-8,15,18,20,24H,9-14,16H2,1-3H3. The van der Waals surface area contributed by atoms with Crippen LogP contribution in [0.5, 0.6) is 0 Å². The van der Waals surface area contributed by atoms with E-state index < -0.39 is 0 Å². The fraction of sp³-hybridized carbons (Fsp3) is 0.565. The first kappa shape index (κ1) is 17.5. The average molecular weight is 353 g/mol. The van der Waals surface area contributed by atoms with Gasteiger partial charge in [0.25, 0.3) is 0 Å². The summed E-state index contributed by atoms with van der Waals surface area (Å²) in [4.78, 5) is 2.51. The molecule has 3 nitrogen and oxygen atoms in total. The molecular formula is C23H32N2O. The molecule has 26 heavy (non-hydrogen) atoms. The van der Waals surface area contributed by atoms with E-state index in [9.17, 15) is 0 Å². The lowest BCUT2D eigenvalue weighted by Gasteiger charge is -2.44. The summed E-state index contributed by atoms with van der Waals surface area (Å²) in [5, 5.41) is 3.85. The highest BCUT2D eigenvalue weighted by molar-refractivity contribution is 5.34. The van der Waals surface area contributed by atoms with Crippen LogP contribution < -0.4 is 5.32 Å². The van der Waals surface area contributed by atoms with E-state index in [1.165, 1.54) is 49.1 Å². The van der Waals surface area contributed by atoms with Crippen LogP contribution in [0.4, 0.5) is 0 Å². The van der Waals surface area contributed by atoms with Gasteiger partial charge in [-0.15, -0.1) is 0 Å². The number of allylic oxidation sites excluding steroid dienone is 1. The third-order valence-corrected chi connectivity index (χ3v) is 6.46. The van der Waals surface area contributed by atoms with Crippen molar-refractivity contribution in [1.29, 1.82) is 0 Å². The molecule has 3 heteroatoms. The number of rotatable bonds is 3. The molecule has 0 radical (unpaired) electrons. The van der Waals surface area contributed by atoms with Crippen LogP contribution >= 0.6 is 0 Å². The summed E-state index contributed by atoms with van der Waals surface area (Å²) >= 11 is 0. The molecular weight excluding hydrogens is 320 g/mol. The van der Waals surface area contributed by atoms with Crippen LogP contribution in [0.3, 0.4) is 0 Å². The van der Waals surface area contributed by atoms with E-state index >= 15 is 0 Å². The van der Waals surface area contributed by atoms with Crippen molar-refractivity contribution >= 4 is 0 Å². The van der Waals surface area contributed by atoms with Gasteiger partial charge in [-0.2, -0.15) is 0 Å². The quantitative estimate of drug-likeness (QED) is 0.846. The number of hydrogen-bond donors (Lipinski definition) is 1. The lowest BCUT2D eigenvalue weighted by molar-refractivity contribution is 0.184. The Bertz CT molecular complexity index is 696. The van der Waals surface area contributed by atoms with Crippen molar-refractivity contribution in [2.75, 3.05) is 20.2 Å². The first-order chi connectivity index (χ1) is 12.6. The van der Waals surface area contributed by atoms with Crippen LogP contribution in [0, 0.1) is 5.41 Å². The van der Waals surface area contributed by atoms with Crippen LogP contribution in [0.15, 0.2) is 53.6 Å². The van der Waals surface area contributed by atoms with Gasteiger partial charge < -0.3 is 15.0 Å². The molecule has 1 unspecified atom stereocenters. The van der Waals surface area contributed by atoms with Gasteiger partial charge in [0.2, 0.25) is 0 Å². The van der Waals surface area contributed by atoms with E-state index in [1.54, 1.807) is 7.11 Å². The Labute approximate surface area is 158 Å². The number of nitrogens with zero attached hydrogens (tertiary/aromatic N) is 1. The Kier molecular flexibility index (Phi) is 4.73.